The molecule has 0 saturated heterocycles. The number of para-hydroxylation sites is 1. The van der Waals surface area contributed by atoms with Gasteiger partial charge in [0, 0.05) is 34.7 Å². The zero-order chi connectivity index (χ0) is 25.4. The van der Waals surface area contributed by atoms with Gasteiger partial charge in [0.05, 0.1) is 17.9 Å². The van der Waals surface area contributed by atoms with E-state index < -0.39 is 18.0 Å². The summed E-state index contributed by atoms with van der Waals surface area (Å²) in [6, 6.07) is 18.3. The van der Waals surface area contributed by atoms with Crippen LogP contribution in [0.1, 0.15) is 54.9 Å². The number of carbonyl (C=O) groups excluding carboxylic acids is 4. The van der Waals surface area contributed by atoms with Crippen molar-refractivity contribution in [2.45, 2.75) is 19.6 Å². The Hall–Kier alpha value is -4.56. The fourth-order valence-electron chi connectivity index (χ4n) is 4.30. The van der Waals surface area contributed by atoms with Crippen LogP contribution in [0.25, 0.3) is 11.0 Å². The van der Waals surface area contributed by atoms with E-state index in [1.165, 1.54) is 20.1 Å². The minimum absolute atomic E-state index is 0.0489. The summed E-state index contributed by atoms with van der Waals surface area (Å²) in [5.74, 6) is -2.21. The molecule has 0 bridgehead atoms. The number of furan rings is 1. The molecule has 0 radical (unpaired) electrons. The maximum absolute atomic E-state index is 13.2. The first-order valence-corrected chi connectivity index (χ1v) is 11.2. The van der Waals surface area contributed by atoms with Gasteiger partial charge in [-0.1, -0.05) is 54.6 Å². The number of methoxy groups -OCH3 is 1. The summed E-state index contributed by atoms with van der Waals surface area (Å²) in [6.45, 7) is 1.53. The summed E-state index contributed by atoms with van der Waals surface area (Å²) in [5, 5.41) is 3.34. The van der Waals surface area contributed by atoms with E-state index in [9.17, 15) is 19.2 Å². The van der Waals surface area contributed by atoms with Gasteiger partial charge in [0.1, 0.15) is 5.58 Å². The van der Waals surface area contributed by atoms with Crippen molar-refractivity contribution in [2.75, 3.05) is 12.4 Å². The molecule has 1 unspecified atom stereocenters. The maximum atomic E-state index is 13.2. The van der Waals surface area contributed by atoms with E-state index in [1.54, 1.807) is 54.6 Å². The molecule has 5 rings (SSSR count). The molecule has 8 nitrogen and oxygen atoms in total. The molecule has 1 aliphatic rings. The number of carbonyl (C=O) groups is 4. The summed E-state index contributed by atoms with van der Waals surface area (Å²) in [4.78, 5) is 51.9. The third kappa shape index (κ3) is 3.87. The second kappa shape index (κ2) is 9.24. The van der Waals surface area contributed by atoms with Gasteiger partial charge < -0.3 is 19.2 Å². The molecule has 36 heavy (non-hydrogen) atoms. The fourth-order valence-corrected chi connectivity index (χ4v) is 4.30. The zero-order valence-electron chi connectivity index (χ0n) is 19.5. The number of benzene rings is 3. The van der Waals surface area contributed by atoms with Crippen molar-refractivity contribution in [1.82, 2.24) is 0 Å². The van der Waals surface area contributed by atoms with Gasteiger partial charge in [-0.05, 0) is 19.1 Å². The van der Waals surface area contributed by atoms with Gasteiger partial charge in [0.2, 0.25) is 5.76 Å². The standard InChI is InChI=1S/C28H21NO7/c1-15(35-28(33)26-20(14-34-2)16-8-5-6-13-22(16)36-26)27(32)29-21-12-7-11-19-23(21)25(31)18-10-4-3-9-17(18)24(19)30/h3-13,15H,14H2,1-2H3,(H,29,32). The van der Waals surface area contributed by atoms with Crippen molar-refractivity contribution < 1.29 is 33.1 Å². The average molecular weight is 483 g/mol. The Labute approximate surface area is 205 Å². The van der Waals surface area contributed by atoms with E-state index in [2.05, 4.69) is 5.32 Å². The predicted octanol–water partition coefficient (Wildman–Crippen LogP) is 4.54. The Balaban J connectivity index is 1.38. The molecule has 1 aliphatic carbocycles. The summed E-state index contributed by atoms with van der Waals surface area (Å²) in [7, 11) is 1.50. The first-order chi connectivity index (χ1) is 17.4. The van der Waals surface area contributed by atoms with Gasteiger partial charge in [-0.25, -0.2) is 4.79 Å². The number of hydrogen-bond acceptors (Lipinski definition) is 7. The van der Waals surface area contributed by atoms with Crippen LogP contribution in [-0.4, -0.2) is 36.7 Å². The lowest BCUT2D eigenvalue weighted by atomic mass is 9.83. The fraction of sp³-hybridized carbons (Fsp3) is 0.143. The third-order valence-electron chi connectivity index (χ3n) is 6.04. The molecule has 1 atom stereocenters. The Bertz CT molecular complexity index is 1550. The van der Waals surface area contributed by atoms with Crippen LogP contribution >= 0.6 is 0 Å². The van der Waals surface area contributed by atoms with Crippen LogP contribution in [-0.2, 0) is 20.9 Å². The van der Waals surface area contributed by atoms with Crippen LogP contribution in [0.15, 0.2) is 71.1 Å². The van der Waals surface area contributed by atoms with Gasteiger partial charge in [0.15, 0.2) is 17.7 Å². The highest BCUT2D eigenvalue weighted by Crippen LogP contribution is 2.32. The minimum Gasteiger partial charge on any atom is -0.449 e. The maximum Gasteiger partial charge on any atom is 0.375 e. The molecule has 180 valence electrons. The lowest BCUT2D eigenvalue weighted by Gasteiger charge is -2.21. The van der Waals surface area contributed by atoms with Crippen molar-refractivity contribution in [3.63, 3.8) is 0 Å². The first-order valence-electron chi connectivity index (χ1n) is 11.2. The Morgan fingerprint density at radius 2 is 1.56 bits per heavy atom. The lowest BCUT2D eigenvalue weighted by Crippen LogP contribution is -2.31. The molecule has 1 heterocycles. The Morgan fingerprint density at radius 1 is 0.889 bits per heavy atom. The van der Waals surface area contributed by atoms with Gasteiger partial charge >= 0.3 is 5.97 Å². The smallest absolute Gasteiger partial charge is 0.375 e. The highest BCUT2D eigenvalue weighted by molar-refractivity contribution is 6.30. The van der Waals surface area contributed by atoms with Crippen LogP contribution in [0.2, 0.25) is 0 Å². The molecule has 1 N–H and O–H groups in total. The molecule has 1 amide bonds. The normalized spacial score (nSPS) is 13.2. The van der Waals surface area contributed by atoms with Crippen LogP contribution < -0.4 is 5.32 Å². The second-order valence-corrected chi connectivity index (χ2v) is 8.31. The van der Waals surface area contributed by atoms with Crippen molar-refractivity contribution in [3.05, 3.63) is 100 Å². The zero-order valence-corrected chi connectivity index (χ0v) is 19.5. The topological polar surface area (TPSA) is 112 Å². The molecule has 1 aromatic heterocycles. The highest BCUT2D eigenvalue weighted by Gasteiger charge is 2.32. The van der Waals surface area contributed by atoms with Crippen molar-refractivity contribution >= 4 is 40.1 Å². The number of ketones is 2. The predicted molar refractivity (Wildman–Crippen MR) is 130 cm³/mol. The number of nitrogens with one attached hydrogen (secondary N) is 1. The molecule has 8 heteroatoms. The van der Waals surface area contributed by atoms with Crippen LogP contribution in [0.3, 0.4) is 0 Å². The minimum atomic E-state index is -1.22. The molecular formula is C28H21NO7. The van der Waals surface area contributed by atoms with Gasteiger partial charge in [-0.2, -0.15) is 0 Å². The third-order valence-corrected chi connectivity index (χ3v) is 6.04. The van der Waals surface area contributed by atoms with Crippen molar-refractivity contribution in [1.29, 1.82) is 0 Å². The van der Waals surface area contributed by atoms with Crippen LogP contribution in [0.4, 0.5) is 5.69 Å². The summed E-state index contributed by atoms with van der Waals surface area (Å²) >= 11 is 0. The molecule has 0 spiro atoms. The van der Waals surface area contributed by atoms with E-state index in [0.717, 1.165) is 0 Å². The van der Waals surface area contributed by atoms with Crippen molar-refractivity contribution in [3.8, 4) is 0 Å². The van der Waals surface area contributed by atoms with Gasteiger partial charge in [0.25, 0.3) is 5.91 Å². The van der Waals surface area contributed by atoms with E-state index in [0.29, 0.717) is 22.1 Å². The number of rotatable bonds is 6. The van der Waals surface area contributed by atoms with E-state index in [-0.39, 0.29) is 46.3 Å². The van der Waals surface area contributed by atoms with Crippen molar-refractivity contribution in [2.24, 2.45) is 0 Å². The number of ether oxygens (including phenoxy) is 2. The van der Waals surface area contributed by atoms with Gasteiger partial charge in [-0.15, -0.1) is 0 Å². The molecule has 4 aromatic rings. The highest BCUT2D eigenvalue weighted by atomic mass is 16.6. The number of anilines is 1. The van der Waals surface area contributed by atoms with Gasteiger partial charge in [-0.3, -0.25) is 14.4 Å². The van der Waals surface area contributed by atoms with E-state index in [4.69, 9.17) is 13.9 Å². The number of amides is 1. The van der Waals surface area contributed by atoms with E-state index in [1.807, 2.05) is 6.07 Å². The van der Waals surface area contributed by atoms with E-state index >= 15 is 0 Å². The summed E-state index contributed by atoms with van der Waals surface area (Å²) < 4.78 is 16.3. The second-order valence-electron chi connectivity index (χ2n) is 8.31. The Morgan fingerprint density at radius 3 is 2.31 bits per heavy atom. The number of hydrogen-bond donors (Lipinski definition) is 1. The summed E-state index contributed by atoms with van der Waals surface area (Å²) in [5.41, 5.74) is 2.07. The molecule has 0 saturated carbocycles. The number of esters is 1. The monoisotopic (exact) mass is 483 g/mol. The lowest BCUT2D eigenvalue weighted by molar-refractivity contribution is -0.123. The largest absolute Gasteiger partial charge is 0.449 e. The molecule has 0 fully saturated rings. The van der Waals surface area contributed by atoms with Crippen LogP contribution in [0.5, 0.6) is 0 Å². The quantitative estimate of drug-likeness (QED) is 0.353. The first kappa shape index (κ1) is 23.2. The molecular weight excluding hydrogens is 462 g/mol. The molecule has 3 aromatic carbocycles. The SMILES string of the molecule is COCc1c(C(=O)OC(C)C(=O)Nc2cccc3c2C(=O)c2ccccc2C3=O)oc2ccccc12. The van der Waals surface area contributed by atoms with Crippen LogP contribution in [0, 0.1) is 0 Å². The summed E-state index contributed by atoms with van der Waals surface area (Å²) in [6.07, 6.45) is -1.22. The molecule has 0 aliphatic heterocycles. The number of fused-ring (bicyclic) bond motifs is 3. The Kier molecular flexibility index (Phi) is 5.95. The average Bonchev–Trinajstić information content (AvgIpc) is 3.26.